The normalized spacial score (nSPS) is 11.6. The van der Waals surface area contributed by atoms with Crippen molar-refractivity contribution in [2.45, 2.75) is 26.3 Å². The van der Waals surface area contributed by atoms with E-state index in [1.165, 1.54) is 0 Å². The first-order chi connectivity index (χ1) is 9.04. The zero-order valence-corrected chi connectivity index (χ0v) is 11.6. The Kier molecular flexibility index (Phi) is 3.90. The molecule has 0 aliphatic carbocycles. The minimum atomic E-state index is 0.226. The molecule has 102 valence electrons. The van der Waals surface area contributed by atoms with Crippen LogP contribution in [0.1, 0.15) is 29.8 Å². The van der Waals surface area contributed by atoms with Gasteiger partial charge in [0.05, 0.1) is 5.52 Å². The number of carbonyl (C=O) groups excluding carboxylic acids is 1. The number of aromatic hydroxyl groups is 1. The standard InChI is InChI=1S/C15H20N2O2/c1-10(2)17(3)7-6-11-8-16-15-12(9-18)4-5-13(19)14(11)15/h4-5,8-10,16,19H,6-7H2,1-3H3. The molecule has 0 amide bonds. The fourth-order valence-electron chi connectivity index (χ4n) is 2.17. The molecule has 0 aliphatic heterocycles. The third-order valence-corrected chi connectivity index (χ3v) is 3.67. The number of nitrogens with zero attached hydrogens (tertiary/aromatic N) is 1. The molecule has 0 unspecified atom stereocenters. The monoisotopic (exact) mass is 260 g/mol. The molecule has 0 radical (unpaired) electrons. The van der Waals surface area contributed by atoms with Crippen LogP contribution in [-0.4, -0.2) is 40.9 Å². The third-order valence-electron chi connectivity index (χ3n) is 3.67. The van der Waals surface area contributed by atoms with E-state index in [9.17, 15) is 9.90 Å². The van der Waals surface area contributed by atoms with Crippen LogP contribution in [0.3, 0.4) is 0 Å². The first kappa shape index (κ1) is 13.6. The summed E-state index contributed by atoms with van der Waals surface area (Å²) in [7, 11) is 2.08. The highest BCUT2D eigenvalue weighted by Gasteiger charge is 2.12. The Bertz CT molecular complexity index is 587. The summed E-state index contributed by atoms with van der Waals surface area (Å²) in [6, 6.07) is 3.70. The number of phenols is 1. The maximum Gasteiger partial charge on any atom is 0.152 e. The summed E-state index contributed by atoms with van der Waals surface area (Å²) < 4.78 is 0. The summed E-state index contributed by atoms with van der Waals surface area (Å²) in [6.45, 7) is 5.21. The van der Waals surface area contributed by atoms with Gasteiger partial charge in [-0.3, -0.25) is 4.79 Å². The van der Waals surface area contributed by atoms with Gasteiger partial charge in [0.15, 0.2) is 6.29 Å². The zero-order valence-electron chi connectivity index (χ0n) is 11.6. The van der Waals surface area contributed by atoms with E-state index in [4.69, 9.17) is 0 Å². The number of H-pyrrole nitrogens is 1. The van der Waals surface area contributed by atoms with Gasteiger partial charge in [-0.15, -0.1) is 0 Å². The number of carbonyl (C=O) groups is 1. The zero-order chi connectivity index (χ0) is 14.0. The smallest absolute Gasteiger partial charge is 0.152 e. The Morgan fingerprint density at radius 3 is 2.79 bits per heavy atom. The van der Waals surface area contributed by atoms with Crippen molar-refractivity contribution in [3.05, 3.63) is 29.5 Å². The predicted molar refractivity (Wildman–Crippen MR) is 76.8 cm³/mol. The van der Waals surface area contributed by atoms with Crippen LogP contribution >= 0.6 is 0 Å². The van der Waals surface area contributed by atoms with Crippen LogP contribution in [0.2, 0.25) is 0 Å². The van der Waals surface area contributed by atoms with Crippen molar-refractivity contribution in [1.29, 1.82) is 0 Å². The van der Waals surface area contributed by atoms with Crippen LogP contribution in [0.4, 0.5) is 0 Å². The lowest BCUT2D eigenvalue weighted by Gasteiger charge is -2.20. The molecule has 1 heterocycles. The highest BCUT2D eigenvalue weighted by molar-refractivity contribution is 6.00. The van der Waals surface area contributed by atoms with Crippen LogP contribution < -0.4 is 0 Å². The number of nitrogens with one attached hydrogen (secondary N) is 1. The van der Waals surface area contributed by atoms with Gasteiger partial charge in [0.2, 0.25) is 0 Å². The Labute approximate surface area is 113 Å². The lowest BCUT2D eigenvalue weighted by atomic mass is 10.1. The molecule has 0 aliphatic rings. The van der Waals surface area contributed by atoms with Crippen molar-refractivity contribution in [2.24, 2.45) is 0 Å². The van der Waals surface area contributed by atoms with Crippen molar-refractivity contribution in [1.82, 2.24) is 9.88 Å². The van der Waals surface area contributed by atoms with E-state index in [1.54, 1.807) is 12.1 Å². The average molecular weight is 260 g/mol. The number of aromatic amines is 1. The number of hydrogen-bond donors (Lipinski definition) is 2. The maximum atomic E-state index is 11.0. The third kappa shape index (κ3) is 2.63. The van der Waals surface area contributed by atoms with E-state index in [0.717, 1.165) is 35.7 Å². The number of likely N-dealkylation sites (N-methyl/N-ethyl adjacent to an activating group) is 1. The molecule has 2 N–H and O–H groups in total. The molecule has 0 atom stereocenters. The fraction of sp³-hybridized carbons (Fsp3) is 0.400. The van der Waals surface area contributed by atoms with E-state index in [2.05, 4.69) is 30.8 Å². The lowest BCUT2D eigenvalue weighted by molar-refractivity contribution is 0.112. The van der Waals surface area contributed by atoms with Gasteiger partial charge in [0.25, 0.3) is 0 Å². The van der Waals surface area contributed by atoms with Gasteiger partial charge < -0.3 is 15.0 Å². The van der Waals surface area contributed by atoms with E-state index >= 15 is 0 Å². The fourth-order valence-corrected chi connectivity index (χ4v) is 2.17. The van der Waals surface area contributed by atoms with E-state index in [0.29, 0.717) is 11.6 Å². The van der Waals surface area contributed by atoms with Gasteiger partial charge in [-0.1, -0.05) is 0 Å². The van der Waals surface area contributed by atoms with Crippen molar-refractivity contribution < 1.29 is 9.90 Å². The Balaban J connectivity index is 2.32. The summed E-state index contributed by atoms with van der Waals surface area (Å²) in [4.78, 5) is 16.3. The summed E-state index contributed by atoms with van der Waals surface area (Å²) in [6.07, 6.45) is 3.53. The second-order valence-electron chi connectivity index (χ2n) is 5.18. The van der Waals surface area contributed by atoms with E-state index in [1.807, 2.05) is 6.20 Å². The number of aldehydes is 1. The van der Waals surface area contributed by atoms with Gasteiger partial charge in [0.1, 0.15) is 5.75 Å². The summed E-state index contributed by atoms with van der Waals surface area (Å²) in [5.41, 5.74) is 2.34. The van der Waals surface area contributed by atoms with Crippen molar-refractivity contribution in [3.63, 3.8) is 0 Å². The molecule has 0 bridgehead atoms. The van der Waals surface area contributed by atoms with Crippen molar-refractivity contribution in [2.75, 3.05) is 13.6 Å². The number of aromatic nitrogens is 1. The second kappa shape index (κ2) is 5.45. The SMILES string of the molecule is CC(C)N(C)CCc1c[nH]c2c(C=O)ccc(O)c12. The molecule has 0 saturated heterocycles. The first-order valence-corrected chi connectivity index (χ1v) is 6.52. The molecule has 4 heteroatoms. The van der Waals surface area contributed by atoms with Gasteiger partial charge >= 0.3 is 0 Å². The summed E-state index contributed by atoms with van der Waals surface area (Å²) in [5, 5.41) is 10.8. The van der Waals surface area contributed by atoms with Gasteiger partial charge in [-0.2, -0.15) is 0 Å². The largest absolute Gasteiger partial charge is 0.507 e. The highest BCUT2D eigenvalue weighted by atomic mass is 16.3. The Hall–Kier alpha value is -1.81. The molecule has 0 fully saturated rings. The second-order valence-corrected chi connectivity index (χ2v) is 5.18. The van der Waals surface area contributed by atoms with Crippen LogP contribution in [-0.2, 0) is 6.42 Å². The molecule has 1 aromatic heterocycles. The molecular weight excluding hydrogens is 240 g/mol. The molecular formula is C15H20N2O2. The Morgan fingerprint density at radius 1 is 1.42 bits per heavy atom. The molecule has 0 spiro atoms. The molecule has 4 nitrogen and oxygen atoms in total. The van der Waals surface area contributed by atoms with Gasteiger partial charge in [-0.25, -0.2) is 0 Å². The molecule has 2 aromatic rings. The minimum absolute atomic E-state index is 0.226. The van der Waals surface area contributed by atoms with E-state index < -0.39 is 0 Å². The van der Waals surface area contributed by atoms with Crippen LogP contribution in [0.15, 0.2) is 18.3 Å². The van der Waals surface area contributed by atoms with Crippen LogP contribution in [0, 0.1) is 0 Å². The van der Waals surface area contributed by atoms with Gasteiger partial charge in [0, 0.05) is 29.7 Å². The summed E-state index contributed by atoms with van der Waals surface area (Å²) in [5.74, 6) is 0.226. The van der Waals surface area contributed by atoms with Crippen LogP contribution in [0.25, 0.3) is 10.9 Å². The number of rotatable bonds is 5. The van der Waals surface area contributed by atoms with Crippen LogP contribution in [0.5, 0.6) is 5.75 Å². The Morgan fingerprint density at radius 2 is 2.16 bits per heavy atom. The topological polar surface area (TPSA) is 56.3 Å². The molecule has 2 rings (SSSR count). The summed E-state index contributed by atoms with van der Waals surface area (Å²) >= 11 is 0. The van der Waals surface area contributed by atoms with Gasteiger partial charge in [-0.05, 0) is 45.0 Å². The minimum Gasteiger partial charge on any atom is -0.507 e. The highest BCUT2D eigenvalue weighted by Crippen LogP contribution is 2.30. The number of benzene rings is 1. The average Bonchev–Trinajstić information content (AvgIpc) is 2.81. The number of phenolic OH excluding ortho intramolecular Hbond substituents is 1. The quantitative estimate of drug-likeness (QED) is 0.812. The number of hydrogen-bond acceptors (Lipinski definition) is 3. The molecule has 0 saturated carbocycles. The lowest BCUT2D eigenvalue weighted by Crippen LogP contribution is -2.28. The number of fused-ring (bicyclic) bond motifs is 1. The van der Waals surface area contributed by atoms with E-state index in [-0.39, 0.29) is 5.75 Å². The molecule has 1 aromatic carbocycles. The van der Waals surface area contributed by atoms with Crippen molar-refractivity contribution >= 4 is 17.2 Å². The molecule has 19 heavy (non-hydrogen) atoms. The van der Waals surface area contributed by atoms with Crippen molar-refractivity contribution in [3.8, 4) is 5.75 Å². The maximum absolute atomic E-state index is 11.0. The first-order valence-electron chi connectivity index (χ1n) is 6.52. The predicted octanol–water partition coefficient (Wildman–Crippen LogP) is 2.57.